The van der Waals surface area contributed by atoms with Crippen LogP contribution in [0.2, 0.25) is 0 Å². The number of carbonyl (C=O) groups excluding carboxylic acids is 1. The summed E-state index contributed by atoms with van der Waals surface area (Å²) >= 11 is 1.62. The van der Waals surface area contributed by atoms with Crippen molar-refractivity contribution in [3.05, 3.63) is 54.1 Å². The van der Waals surface area contributed by atoms with Crippen molar-refractivity contribution in [1.29, 1.82) is 0 Å². The van der Waals surface area contributed by atoms with Gasteiger partial charge in [0.05, 0.1) is 11.2 Å². The van der Waals surface area contributed by atoms with E-state index in [2.05, 4.69) is 43.6 Å². The van der Waals surface area contributed by atoms with E-state index in [4.69, 9.17) is 10.7 Å². The van der Waals surface area contributed by atoms with E-state index in [1.54, 1.807) is 22.4 Å². The third kappa shape index (κ3) is 3.67. The molecule has 0 spiro atoms. The Morgan fingerprint density at radius 2 is 2.00 bits per heavy atom. The third-order valence-electron chi connectivity index (χ3n) is 7.07. The van der Waals surface area contributed by atoms with Crippen LogP contribution in [0.4, 0.5) is 5.82 Å². The molecule has 0 bridgehead atoms. The molecule has 0 radical (unpaired) electrons. The summed E-state index contributed by atoms with van der Waals surface area (Å²) in [6, 6.07) is 8.35. The highest BCUT2D eigenvalue weighted by atomic mass is 32.1. The average molecular weight is 486 g/mol. The van der Waals surface area contributed by atoms with Crippen LogP contribution in [0, 0.1) is 5.92 Å². The second-order valence-corrected chi connectivity index (χ2v) is 10.3. The lowest BCUT2D eigenvalue weighted by molar-refractivity contribution is -0.134. The number of rotatable bonds is 4. The van der Waals surface area contributed by atoms with E-state index in [0.29, 0.717) is 5.82 Å². The monoisotopic (exact) mass is 485 g/mol. The molecule has 1 fully saturated rings. The Kier molecular flexibility index (Phi) is 5.29. The van der Waals surface area contributed by atoms with Gasteiger partial charge in [0.25, 0.3) is 0 Å². The van der Waals surface area contributed by atoms with Gasteiger partial charge in [-0.25, -0.2) is 15.0 Å². The Bertz CT molecular complexity index is 1520. The van der Waals surface area contributed by atoms with Crippen molar-refractivity contribution in [2.45, 2.75) is 31.6 Å². The number of hydrogen-bond donors (Lipinski definition) is 2. The second kappa shape index (κ2) is 8.49. The number of H-pyrrole nitrogens is 1. The summed E-state index contributed by atoms with van der Waals surface area (Å²) in [5.74, 6) is 2.02. The largest absolute Gasteiger partial charge is 0.382 e. The average Bonchev–Trinajstić information content (AvgIpc) is 3.62. The summed E-state index contributed by atoms with van der Waals surface area (Å²) in [4.78, 5) is 31.8. The number of nitrogens with zero attached hydrogens (tertiary/aromatic N) is 5. The predicted octanol–water partition coefficient (Wildman–Crippen LogP) is 4.95. The predicted molar refractivity (Wildman–Crippen MR) is 139 cm³/mol. The molecule has 1 saturated carbocycles. The molecular weight excluding hydrogens is 458 g/mol. The molecule has 1 aliphatic carbocycles. The van der Waals surface area contributed by atoms with E-state index in [1.807, 2.05) is 31.9 Å². The number of amides is 1. The number of nitrogens with one attached hydrogen (secondary N) is 1. The highest BCUT2D eigenvalue weighted by Crippen LogP contribution is 2.40. The van der Waals surface area contributed by atoms with Crippen molar-refractivity contribution >= 4 is 39.5 Å². The Morgan fingerprint density at radius 1 is 1.17 bits per heavy atom. The number of aromatic nitrogens is 5. The minimum atomic E-state index is 0.0941. The van der Waals surface area contributed by atoms with Crippen molar-refractivity contribution in [3.8, 4) is 22.0 Å². The second-order valence-electron chi connectivity index (χ2n) is 9.42. The fraction of sp³-hybridized carbons (Fsp3) is 0.308. The molecule has 0 aliphatic heterocycles. The van der Waals surface area contributed by atoms with E-state index in [1.165, 1.54) is 0 Å². The molecule has 5 aromatic rings. The molecule has 9 heteroatoms. The number of para-hydroxylation sites is 1. The maximum Gasteiger partial charge on any atom is 0.225 e. The number of thiazole rings is 1. The normalized spacial score (nSPS) is 18.3. The third-order valence-corrected chi connectivity index (χ3v) is 7.87. The zero-order valence-electron chi connectivity index (χ0n) is 19.7. The van der Waals surface area contributed by atoms with Gasteiger partial charge >= 0.3 is 0 Å². The first-order valence-corrected chi connectivity index (χ1v) is 12.7. The van der Waals surface area contributed by atoms with Gasteiger partial charge < -0.3 is 15.6 Å². The highest BCUT2D eigenvalue weighted by molar-refractivity contribution is 7.13. The van der Waals surface area contributed by atoms with E-state index < -0.39 is 0 Å². The molecule has 4 heterocycles. The first-order chi connectivity index (χ1) is 17.0. The van der Waals surface area contributed by atoms with Crippen LogP contribution in [-0.2, 0) is 4.79 Å². The van der Waals surface area contributed by atoms with Gasteiger partial charge in [-0.15, -0.1) is 11.3 Å². The van der Waals surface area contributed by atoms with Gasteiger partial charge in [0.15, 0.2) is 0 Å². The Labute approximate surface area is 206 Å². The van der Waals surface area contributed by atoms with Crippen LogP contribution in [0.15, 0.2) is 48.2 Å². The van der Waals surface area contributed by atoms with Gasteiger partial charge in [-0.3, -0.25) is 9.20 Å². The van der Waals surface area contributed by atoms with Crippen LogP contribution in [-0.4, -0.2) is 49.2 Å². The number of hydrogen-bond acceptors (Lipinski definition) is 6. The molecule has 1 amide bonds. The molecular formula is C26H27N7OS. The number of aromatic amines is 1. The van der Waals surface area contributed by atoms with Crippen LogP contribution in [0.3, 0.4) is 0 Å². The summed E-state index contributed by atoms with van der Waals surface area (Å²) in [5, 5.41) is 4.06. The van der Waals surface area contributed by atoms with Crippen LogP contribution >= 0.6 is 11.3 Å². The molecule has 1 aromatic carbocycles. The minimum Gasteiger partial charge on any atom is -0.382 e. The van der Waals surface area contributed by atoms with E-state index >= 15 is 0 Å². The first kappa shape index (κ1) is 21.8. The quantitative estimate of drug-likeness (QED) is 0.375. The van der Waals surface area contributed by atoms with E-state index in [0.717, 1.165) is 69.9 Å². The minimum absolute atomic E-state index is 0.0941. The van der Waals surface area contributed by atoms with Gasteiger partial charge in [0, 0.05) is 60.9 Å². The molecule has 8 nitrogen and oxygen atoms in total. The lowest BCUT2D eigenvalue weighted by Gasteiger charge is -2.28. The standard InChI is InChI=1S/C26H27N7OS/c1-32(2)26(34)16-8-6-15(7-9-16)24-31-21(22-23(27)28-10-12-33(22)24)19-14-17-4-3-5-18(20(17)30-19)25-29-11-13-35-25/h3-5,10-16,30H,6-9H2,1-2H3,(H2,27,28). The Hall–Kier alpha value is -3.72. The topological polar surface area (TPSA) is 105 Å². The summed E-state index contributed by atoms with van der Waals surface area (Å²) in [6.07, 6.45) is 9.08. The van der Waals surface area contributed by atoms with Crippen LogP contribution in [0.1, 0.15) is 37.4 Å². The highest BCUT2D eigenvalue weighted by Gasteiger charge is 2.31. The number of nitrogens with two attached hydrogens (primary N) is 1. The van der Waals surface area contributed by atoms with Gasteiger partial charge in [-0.2, -0.15) is 0 Å². The zero-order chi connectivity index (χ0) is 24.1. The molecule has 4 aromatic heterocycles. The zero-order valence-corrected chi connectivity index (χ0v) is 20.5. The van der Waals surface area contributed by atoms with E-state index in [9.17, 15) is 4.79 Å². The number of imidazole rings is 1. The van der Waals surface area contributed by atoms with Crippen LogP contribution < -0.4 is 5.73 Å². The molecule has 178 valence electrons. The Morgan fingerprint density at radius 3 is 2.74 bits per heavy atom. The molecule has 3 N–H and O–H groups in total. The summed E-state index contributed by atoms with van der Waals surface area (Å²) in [5.41, 5.74) is 11.0. The molecule has 6 rings (SSSR count). The Balaban J connectivity index is 1.42. The van der Waals surface area contributed by atoms with Crippen molar-refractivity contribution in [2.24, 2.45) is 5.92 Å². The first-order valence-electron chi connectivity index (χ1n) is 11.9. The van der Waals surface area contributed by atoms with Gasteiger partial charge in [0.1, 0.15) is 27.9 Å². The van der Waals surface area contributed by atoms with Gasteiger partial charge in [-0.1, -0.05) is 12.1 Å². The van der Waals surface area contributed by atoms with Gasteiger partial charge in [0.2, 0.25) is 5.91 Å². The fourth-order valence-corrected chi connectivity index (χ4v) is 6.01. The van der Waals surface area contributed by atoms with Crippen LogP contribution in [0.5, 0.6) is 0 Å². The lowest BCUT2D eigenvalue weighted by Crippen LogP contribution is -2.32. The number of carbonyl (C=O) groups is 1. The summed E-state index contributed by atoms with van der Waals surface area (Å²) < 4.78 is 2.09. The molecule has 35 heavy (non-hydrogen) atoms. The summed E-state index contributed by atoms with van der Waals surface area (Å²) in [6.45, 7) is 0. The molecule has 1 aliphatic rings. The van der Waals surface area contributed by atoms with Crippen molar-refractivity contribution in [1.82, 2.24) is 29.2 Å². The smallest absolute Gasteiger partial charge is 0.225 e. The van der Waals surface area contributed by atoms with Crippen molar-refractivity contribution in [3.63, 3.8) is 0 Å². The number of fused-ring (bicyclic) bond motifs is 2. The van der Waals surface area contributed by atoms with Crippen molar-refractivity contribution in [2.75, 3.05) is 19.8 Å². The van der Waals surface area contributed by atoms with Gasteiger partial charge in [-0.05, 0) is 37.8 Å². The molecule has 0 unspecified atom stereocenters. The van der Waals surface area contributed by atoms with Crippen molar-refractivity contribution < 1.29 is 4.79 Å². The van der Waals surface area contributed by atoms with Crippen LogP contribution in [0.25, 0.3) is 38.4 Å². The summed E-state index contributed by atoms with van der Waals surface area (Å²) in [7, 11) is 3.66. The molecule has 0 atom stereocenters. The number of nitrogen functional groups attached to an aromatic ring is 1. The van der Waals surface area contributed by atoms with E-state index in [-0.39, 0.29) is 17.7 Å². The number of benzene rings is 1. The fourth-order valence-electron chi connectivity index (χ4n) is 5.35. The number of anilines is 1. The maximum atomic E-state index is 12.5. The molecule has 0 saturated heterocycles. The maximum absolute atomic E-state index is 12.5. The SMILES string of the molecule is CN(C)C(=O)C1CCC(c2nc(-c3cc4cccc(-c5nccs5)c4[nH]3)c3c(N)nccn23)CC1. The lowest BCUT2D eigenvalue weighted by atomic mass is 9.81.